The van der Waals surface area contributed by atoms with E-state index in [0.29, 0.717) is 12.3 Å². The summed E-state index contributed by atoms with van der Waals surface area (Å²) in [6, 6.07) is 7.16. The molecule has 0 aliphatic rings. The summed E-state index contributed by atoms with van der Waals surface area (Å²) in [4.78, 5) is 16.4. The molecule has 5 nitrogen and oxygen atoms in total. The topological polar surface area (TPSA) is 48.5 Å². The van der Waals surface area contributed by atoms with Crippen molar-refractivity contribution < 1.29 is 4.74 Å². The Morgan fingerprint density at radius 1 is 1.42 bits per heavy atom. The molecule has 0 saturated carbocycles. The largest absolute Gasteiger partial charge is 0.497 e. The van der Waals surface area contributed by atoms with Crippen LogP contribution in [0.4, 0.5) is 0 Å². The van der Waals surface area contributed by atoms with Gasteiger partial charge in [-0.15, -0.1) is 6.58 Å². The molecule has 0 spiro atoms. The van der Waals surface area contributed by atoms with E-state index < -0.39 is 0 Å². The zero-order valence-electron chi connectivity index (χ0n) is 10.5. The van der Waals surface area contributed by atoms with Crippen LogP contribution in [0.15, 0.2) is 47.9 Å². The van der Waals surface area contributed by atoms with Crippen molar-refractivity contribution in [3.63, 3.8) is 0 Å². The van der Waals surface area contributed by atoms with E-state index in [9.17, 15) is 4.79 Å². The molecule has 3 rings (SSSR count). The van der Waals surface area contributed by atoms with Crippen LogP contribution in [0.3, 0.4) is 0 Å². The van der Waals surface area contributed by atoms with E-state index in [0.717, 1.165) is 16.8 Å². The van der Waals surface area contributed by atoms with Crippen molar-refractivity contribution in [1.29, 1.82) is 0 Å². The van der Waals surface area contributed by atoms with Gasteiger partial charge in [-0.1, -0.05) is 6.08 Å². The molecule has 0 amide bonds. The third-order valence-corrected chi connectivity index (χ3v) is 3.06. The van der Waals surface area contributed by atoms with Crippen LogP contribution in [0, 0.1) is 0 Å². The second-order valence-corrected chi connectivity index (χ2v) is 4.19. The molecule has 1 aromatic carbocycles. The number of ether oxygens (including phenoxy) is 1. The van der Waals surface area contributed by atoms with Gasteiger partial charge in [0, 0.05) is 24.9 Å². The molecular formula is C14H13N3O2. The van der Waals surface area contributed by atoms with Crippen molar-refractivity contribution >= 4 is 16.8 Å². The predicted molar refractivity (Wildman–Crippen MR) is 73.7 cm³/mol. The fraction of sp³-hybridized carbons (Fsp3) is 0.143. The fourth-order valence-electron chi connectivity index (χ4n) is 2.15. The van der Waals surface area contributed by atoms with Crippen LogP contribution in [0.1, 0.15) is 0 Å². The summed E-state index contributed by atoms with van der Waals surface area (Å²) in [5.74, 6) is 1.37. The molecule has 3 aromatic rings. The maximum atomic E-state index is 11.9. The number of aromatic nitrogens is 3. The van der Waals surface area contributed by atoms with Gasteiger partial charge in [0.2, 0.25) is 5.78 Å². The van der Waals surface area contributed by atoms with Gasteiger partial charge in [0.05, 0.1) is 18.1 Å². The lowest BCUT2D eigenvalue weighted by molar-refractivity contribution is 0.415. The average Bonchev–Trinajstić information content (AvgIpc) is 2.79. The Morgan fingerprint density at radius 3 is 3.00 bits per heavy atom. The van der Waals surface area contributed by atoms with E-state index >= 15 is 0 Å². The molecule has 0 bridgehead atoms. The van der Waals surface area contributed by atoms with Gasteiger partial charge >= 0.3 is 0 Å². The molecular weight excluding hydrogens is 242 g/mol. The first-order valence-corrected chi connectivity index (χ1v) is 5.91. The van der Waals surface area contributed by atoms with Crippen LogP contribution in [0.2, 0.25) is 0 Å². The molecule has 0 fully saturated rings. The lowest BCUT2D eigenvalue weighted by Gasteiger charge is -2.04. The normalized spacial score (nSPS) is 11.0. The summed E-state index contributed by atoms with van der Waals surface area (Å²) < 4.78 is 8.68. The molecule has 0 aliphatic carbocycles. The first-order chi connectivity index (χ1) is 9.24. The smallest absolute Gasteiger partial charge is 0.255 e. The lowest BCUT2D eigenvalue weighted by Crippen LogP contribution is -2.20. The van der Waals surface area contributed by atoms with Gasteiger partial charge in [0.1, 0.15) is 5.75 Å². The summed E-state index contributed by atoms with van der Waals surface area (Å²) in [6.45, 7) is 4.10. The zero-order chi connectivity index (χ0) is 13.4. The molecule has 2 heterocycles. The molecule has 0 atom stereocenters. The molecule has 96 valence electrons. The van der Waals surface area contributed by atoms with E-state index in [1.165, 1.54) is 6.07 Å². The van der Waals surface area contributed by atoms with Gasteiger partial charge in [-0.2, -0.15) is 0 Å². The van der Waals surface area contributed by atoms with Crippen molar-refractivity contribution in [3.8, 4) is 5.75 Å². The highest BCUT2D eigenvalue weighted by molar-refractivity contribution is 5.81. The molecule has 5 heteroatoms. The predicted octanol–water partition coefficient (Wildman–Crippen LogP) is 1.84. The van der Waals surface area contributed by atoms with E-state index in [1.807, 2.05) is 22.6 Å². The fourth-order valence-corrected chi connectivity index (χ4v) is 2.15. The second-order valence-electron chi connectivity index (χ2n) is 4.19. The summed E-state index contributed by atoms with van der Waals surface area (Å²) in [7, 11) is 1.62. The third kappa shape index (κ3) is 1.71. The minimum absolute atomic E-state index is 0.0883. The van der Waals surface area contributed by atoms with Crippen LogP contribution in [-0.4, -0.2) is 21.1 Å². The summed E-state index contributed by atoms with van der Waals surface area (Å²) in [5, 5.41) is 0. The van der Waals surface area contributed by atoms with Crippen molar-refractivity contribution in [2.75, 3.05) is 7.11 Å². The number of fused-ring (bicyclic) bond motifs is 3. The number of rotatable bonds is 3. The Balaban J connectivity index is 2.42. The molecule has 2 aromatic heterocycles. The summed E-state index contributed by atoms with van der Waals surface area (Å²) in [5.41, 5.74) is 1.64. The van der Waals surface area contributed by atoms with E-state index in [2.05, 4.69) is 11.6 Å². The van der Waals surface area contributed by atoms with Crippen LogP contribution in [0.25, 0.3) is 16.8 Å². The number of benzene rings is 1. The van der Waals surface area contributed by atoms with Crippen LogP contribution in [0.5, 0.6) is 5.75 Å². The van der Waals surface area contributed by atoms with Crippen molar-refractivity contribution in [3.05, 3.63) is 53.5 Å². The first kappa shape index (κ1) is 11.5. The minimum atomic E-state index is -0.0883. The number of methoxy groups -OCH3 is 1. The Morgan fingerprint density at radius 2 is 2.26 bits per heavy atom. The SMILES string of the molecule is C=CCn1c(=O)ccn2c3cc(OC)ccc3nc12. The highest BCUT2D eigenvalue weighted by atomic mass is 16.5. The van der Waals surface area contributed by atoms with Gasteiger partial charge < -0.3 is 4.74 Å². The van der Waals surface area contributed by atoms with E-state index in [1.54, 1.807) is 23.9 Å². The zero-order valence-corrected chi connectivity index (χ0v) is 10.5. The lowest BCUT2D eigenvalue weighted by atomic mass is 10.3. The van der Waals surface area contributed by atoms with Crippen LogP contribution < -0.4 is 10.3 Å². The first-order valence-electron chi connectivity index (χ1n) is 5.91. The monoisotopic (exact) mass is 255 g/mol. The number of nitrogens with zero attached hydrogens (tertiary/aromatic N) is 3. The summed E-state index contributed by atoms with van der Waals surface area (Å²) in [6.07, 6.45) is 3.41. The molecule has 19 heavy (non-hydrogen) atoms. The van der Waals surface area contributed by atoms with Gasteiger partial charge in [-0.05, 0) is 12.1 Å². The Bertz CT molecular complexity index is 830. The van der Waals surface area contributed by atoms with Gasteiger partial charge in [-0.3, -0.25) is 13.8 Å². The van der Waals surface area contributed by atoms with Crippen molar-refractivity contribution in [2.24, 2.45) is 0 Å². The number of imidazole rings is 1. The number of hydrogen-bond acceptors (Lipinski definition) is 3. The highest BCUT2D eigenvalue weighted by Gasteiger charge is 2.09. The highest BCUT2D eigenvalue weighted by Crippen LogP contribution is 2.21. The number of hydrogen-bond donors (Lipinski definition) is 0. The molecule has 0 radical (unpaired) electrons. The second kappa shape index (κ2) is 4.28. The molecule has 0 aliphatic heterocycles. The van der Waals surface area contributed by atoms with Crippen LogP contribution in [-0.2, 0) is 6.54 Å². The van der Waals surface area contributed by atoms with Gasteiger partial charge in [0.15, 0.2) is 0 Å². The van der Waals surface area contributed by atoms with Gasteiger partial charge in [-0.25, -0.2) is 4.98 Å². The third-order valence-electron chi connectivity index (χ3n) is 3.06. The average molecular weight is 255 g/mol. The Hall–Kier alpha value is -2.56. The summed E-state index contributed by atoms with van der Waals surface area (Å²) >= 11 is 0. The van der Waals surface area contributed by atoms with Gasteiger partial charge in [0.25, 0.3) is 5.56 Å². The van der Waals surface area contributed by atoms with E-state index in [-0.39, 0.29) is 5.56 Å². The van der Waals surface area contributed by atoms with Crippen molar-refractivity contribution in [1.82, 2.24) is 14.0 Å². The molecule has 0 saturated heterocycles. The minimum Gasteiger partial charge on any atom is -0.497 e. The van der Waals surface area contributed by atoms with Crippen molar-refractivity contribution in [2.45, 2.75) is 6.54 Å². The maximum absolute atomic E-state index is 11.9. The molecule has 0 N–H and O–H groups in total. The Labute approximate surface area is 109 Å². The molecule has 0 unspecified atom stereocenters. The van der Waals surface area contributed by atoms with Crippen LogP contribution >= 0.6 is 0 Å². The standard InChI is InChI=1S/C14H13N3O2/c1-3-7-17-13(18)6-8-16-12-9-10(19-2)4-5-11(12)15-14(16)17/h3-6,8-9H,1,7H2,2H3. The number of allylic oxidation sites excluding steroid dienone is 1. The maximum Gasteiger partial charge on any atom is 0.255 e. The Kier molecular flexibility index (Phi) is 2.59. The van der Waals surface area contributed by atoms with E-state index in [4.69, 9.17) is 4.74 Å². The quantitative estimate of drug-likeness (QED) is 0.671.